The highest BCUT2D eigenvalue weighted by Gasteiger charge is 2.51. The van der Waals surface area contributed by atoms with Gasteiger partial charge in [0.25, 0.3) is 0 Å². The molecule has 1 aromatic rings. The van der Waals surface area contributed by atoms with Crippen LogP contribution in [0.1, 0.15) is 33.3 Å². The minimum atomic E-state index is -5.12. The zero-order valence-electron chi connectivity index (χ0n) is 16.1. The highest BCUT2D eigenvalue weighted by molar-refractivity contribution is 7.81. The molecule has 2 fully saturated rings. The molecule has 2 saturated heterocycles. The van der Waals surface area contributed by atoms with Gasteiger partial charge in [-0.15, -0.1) is 0 Å². The average Bonchev–Trinajstić information content (AvgIpc) is 2.74. The van der Waals surface area contributed by atoms with E-state index in [0.29, 0.717) is 12.0 Å². The van der Waals surface area contributed by atoms with Crippen LogP contribution in [0.15, 0.2) is 18.2 Å². The molecule has 0 unspecified atom stereocenters. The maximum absolute atomic E-state index is 13.1. The minimum Gasteiger partial charge on any atom is -0.399 e. The number of rotatable bonds is 5. The number of halogens is 1. The van der Waals surface area contributed by atoms with Gasteiger partial charge in [-0.25, -0.2) is 0 Å². The van der Waals surface area contributed by atoms with Crippen molar-refractivity contribution in [2.75, 3.05) is 26.2 Å². The first kappa shape index (κ1) is 20.5. The van der Waals surface area contributed by atoms with Crippen molar-refractivity contribution >= 4 is 23.1 Å². The van der Waals surface area contributed by atoms with E-state index in [1.807, 2.05) is 33.8 Å². The highest BCUT2D eigenvalue weighted by Crippen LogP contribution is 2.36. The number of hydrogen-bond acceptors (Lipinski definition) is 7. The third-order valence-electron chi connectivity index (χ3n) is 5.33. The second-order valence-corrected chi connectivity index (χ2v) is 8.95. The SMILES string of the molecule is CC1(C)OB(c2cc(CN3CCNCC3)cc(OS(=O)(=O)F)c2)OC1(C)C. The Balaban J connectivity index is 1.90. The molecular formula is C17H26BFN2O5S. The molecule has 0 radical (unpaired) electrons. The van der Waals surface area contributed by atoms with E-state index >= 15 is 0 Å². The quantitative estimate of drug-likeness (QED) is 0.583. The summed E-state index contributed by atoms with van der Waals surface area (Å²) in [5.41, 5.74) is 0.321. The van der Waals surface area contributed by atoms with Crippen molar-refractivity contribution < 1.29 is 25.8 Å². The summed E-state index contributed by atoms with van der Waals surface area (Å²) in [6.07, 6.45) is 0. The molecule has 0 spiro atoms. The molecule has 0 aliphatic carbocycles. The Hall–Kier alpha value is -1.20. The average molecular weight is 400 g/mol. The van der Waals surface area contributed by atoms with Crippen LogP contribution in [0.3, 0.4) is 0 Å². The van der Waals surface area contributed by atoms with Gasteiger partial charge in [-0.3, -0.25) is 4.90 Å². The topological polar surface area (TPSA) is 77.1 Å². The van der Waals surface area contributed by atoms with E-state index in [2.05, 4.69) is 14.4 Å². The lowest BCUT2D eigenvalue weighted by Crippen LogP contribution is -2.43. The van der Waals surface area contributed by atoms with Crippen molar-refractivity contribution in [3.05, 3.63) is 23.8 Å². The second-order valence-electron chi connectivity index (χ2n) is 8.00. The Labute approximate surface area is 160 Å². The van der Waals surface area contributed by atoms with Crippen LogP contribution in [-0.2, 0) is 26.4 Å². The van der Waals surface area contributed by atoms with Gasteiger partial charge < -0.3 is 18.8 Å². The fraction of sp³-hybridized carbons (Fsp3) is 0.647. The Bertz CT molecular complexity index is 781. The van der Waals surface area contributed by atoms with E-state index in [1.54, 1.807) is 0 Å². The Morgan fingerprint density at radius 2 is 1.74 bits per heavy atom. The lowest BCUT2D eigenvalue weighted by atomic mass is 9.78. The Morgan fingerprint density at radius 3 is 2.30 bits per heavy atom. The summed E-state index contributed by atoms with van der Waals surface area (Å²) >= 11 is 0. The van der Waals surface area contributed by atoms with E-state index in [1.165, 1.54) is 12.1 Å². The third kappa shape index (κ3) is 5.00. The van der Waals surface area contributed by atoms with Crippen molar-refractivity contribution in [1.29, 1.82) is 0 Å². The molecule has 0 atom stereocenters. The lowest BCUT2D eigenvalue weighted by molar-refractivity contribution is 0.00578. The normalized spacial score (nSPS) is 22.8. The summed E-state index contributed by atoms with van der Waals surface area (Å²) in [5.74, 6) is -0.0881. The number of hydrogen-bond donors (Lipinski definition) is 1. The van der Waals surface area contributed by atoms with E-state index in [4.69, 9.17) is 9.31 Å². The van der Waals surface area contributed by atoms with E-state index in [-0.39, 0.29) is 5.75 Å². The van der Waals surface area contributed by atoms with Gasteiger partial charge >= 0.3 is 17.6 Å². The van der Waals surface area contributed by atoms with Crippen molar-refractivity contribution in [2.45, 2.75) is 45.4 Å². The van der Waals surface area contributed by atoms with Crippen molar-refractivity contribution in [3.8, 4) is 5.75 Å². The van der Waals surface area contributed by atoms with E-state index in [9.17, 15) is 12.3 Å². The van der Waals surface area contributed by atoms with Crippen molar-refractivity contribution in [3.63, 3.8) is 0 Å². The fourth-order valence-electron chi connectivity index (χ4n) is 3.18. The van der Waals surface area contributed by atoms with Gasteiger partial charge in [-0.1, -0.05) is 9.95 Å². The van der Waals surface area contributed by atoms with Gasteiger partial charge in [0, 0.05) is 32.7 Å². The lowest BCUT2D eigenvalue weighted by Gasteiger charge is -2.32. The molecule has 3 rings (SSSR count). The largest absolute Gasteiger partial charge is 0.494 e. The molecule has 27 heavy (non-hydrogen) atoms. The van der Waals surface area contributed by atoms with Crippen LogP contribution in [0.4, 0.5) is 3.89 Å². The van der Waals surface area contributed by atoms with Crippen LogP contribution < -0.4 is 15.0 Å². The second kappa shape index (κ2) is 7.33. The molecular weight excluding hydrogens is 374 g/mol. The van der Waals surface area contributed by atoms with Gasteiger partial charge in [-0.05, 0) is 50.9 Å². The first-order chi connectivity index (χ1) is 12.5. The number of nitrogens with one attached hydrogen (secondary N) is 1. The van der Waals surface area contributed by atoms with Gasteiger partial charge in [0.05, 0.1) is 11.2 Å². The summed E-state index contributed by atoms with van der Waals surface area (Å²) in [6.45, 7) is 11.8. The third-order valence-corrected chi connectivity index (χ3v) is 5.72. The minimum absolute atomic E-state index is 0.0881. The smallest absolute Gasteiger partial charge is 0.399 e. The van der Waals surface area contributed by atoms with Crippen molar-refractivity contribution in [1.82, 2.24) is 10.2 Å². The first-order valence-corrected chi connectivity index (χ1v) is 10.3. The Kier molecular flexibility index (Phi) is 5.57. The fourth-order valence-corrected chi connectivity index (χ4v) is 3.51. The molecule has 0 bridgehead atoms. The maximum atomic E-state index is 13.1. The van der Waals surface area contributed by atoms with Crippen LogP contribution in [0.5, 0.6) is 5.75 Å². The van der Waals surface area contributed by atoms with Crippen LogP contribution in [0.2, 0.25) is 0 Å². The van der Waals surface area contributed by atoms with Gasteiger partial charge in [0.15, 0.2) is 0 Å². The van der Waals surface area contributed by atoms with Crippen molar-refractivity contribution in [2.24, 2.45) is 0 Å². The molecule has 2 aliphatic heterocycles. The highest BCUT2D eigenvalue weighted by atomic mass is 32.3. The van der Waals surface area contributed by atoms with Crippen LogP contribution in [0, 0.1) is 0 Å². The molecule has 2 aliphatic rings. The predicted octanol–water partition coefficient (Wildman–Crippen LogP) is 0.984. The molecule has 0 aromatic heterocycles. The number of nitrogens with zero attached hydrogens (tertiary/aromatic N) is 1. The van der Waals surface area contributed by atoms with Crippen LogP contribution in [-0.4, -0.2) is 57.8 Å². The molecule has 7 nitrogen and oxygen atoms in total. The van der Waals surface area contributed by atoms with Gasteiger partial charge in [0.1, 0.15) is 5.75 Å². The van der Waals surface area contributed by atoms with Gasteiger partial charge in [0.2, 0.25) is 0 Å². The van der Waals surface area contributed by atoms with E-state index < -0.39 is 28.8 Å². The monoisotopic (exact) mass is 400 g/mol. The zero-order valence-corrected chi connectivity index (χ0v) is 16.9. The maximum Gasteiger partial charge on any atom is 0.494 e. The van der Waals surface area contributed by atoms with E-state index in [0.717, 1.165) is 31.7 Å². The number of benzene rings is 1. The zero-order chi connectivity index (χ0) is 19.9. The summed E-state index contributed by atoms with van der Waals surface area (Å²) in [7, 11) is -5.81. The molecule has 1 N–H and O–H groups in total. The standard InChI is InChI=1S/C17H26BFN2O5S/c1-16(2)17(3,4)26-18(25-16)14-9-13(12-21-7-5-20-6-8-21)10-15(11-14)24-27(19,22)23/h9-11,20H,5-8,12H2,1-4H3. The Morgan fingerprint density at radius 1 is 1.15 bits per heavy atom. The predicted molar refractivity (Wildman–Crippen MR) is 101 cm³/mol. The van der Waals surface area contributed by atoms with Crippen LogP contribution in [0.25, 0.3) is 0 Å². The molecule has 150 valence electrons. The molecule has 0 amide bonds. The molecule has 2 heterocycles. The molecule has 0 saturated carbocycles. The number of piperazine rings is 1. The summed E-state index contributed by atoms with van der Waals surface area (Å²) in [4.78, 5) is 2.23. The summed E-state index contributed by atoms with van der Waals surface area (Å²) in [6, 6.07) is 4.87. The molecule has 10 heteroatoms. The molecule has 1 aromatic carbocycles. The summed E-state index contributed by atoms with van der Waals surface area (Å²) < 4.78 is 51.6. The van der Waals surface area contributed by atoms with Crippen LogP contribution >= 0.6 is 0 Å². The summed E-state index contributed by atoms with van der Waals surface area (Å²) in [5, 5.41) is 3.28. The first-order valence-electron chi connectivity index (χ1n) is 9.02. The van der Waals surface area contributed by atoms with Gasteiger partial charge in [-0.2, -0.15) is 8.42 Å².